The number of nitrogens with one attached hydrogen (secondary N) is 1. The molecule has 0 aliphatic carbocycles. The van der Waals surface area contributed by atoms with E-state index in [0.29, 0.717) is 6.04 Å². The predicted molar refractivity (Wildman–Crippen MR) is 70.4 cm³/mol. The summed E-state index contributed by atoms with van der Waals surface area (Å²) in [5.41, 5.74) is 2.31. The number of fused-ring (bicyclic) bond motifs is 1. The van der Waals surface area contributed by atoms with Gasteiger partial charge in [-0.3, -0.25) is 4.98 Å². The van der Waals surface area contributed by atoms with Gasteiger partial charge in [0.2, 0.25) is 0 Å². The molecule has 1 unspecified atom stereocenters. The van der Waals surface area contributed by atoms with E-state index < -0.39 is 0 Å². The monoisotopic (exact) mass is 216 g/mol. The Morgan fingerprint density at radius 3 is 3.00 bits per heavy atom. The van der Waals surface area contributed by atoms with Gasteiger partial charge in [-0.25, -0.2) is 0 Å². The van der Waals surface area contributed by atoms with Crippen molar-refractivity contribution in [1.29, 1.82) is 0 Å². The third-order valence-corrected chi connectivity index (χ3v) is 2.91. The molecule has 0 saturated carbocycles. The van der Waals surface area contributed by atoms with Crippen LogP contribution >= 0.6 is 0 Å². The van der Waals surface area contributed by atoms with Crippen molar-refractivity contribution < 1.29 is 1.43 Å². The maximum Gasteiger partial charge on any atom is 0.0702 e. The highest BCUT2D eigenvalue weighted by Crippen LogP contribution is 2.12. The lowest BCUT2D eigenvalue weighted by Crippen LogP contribution is -2.24. The van der Waals surface area contributed by atoms with Crippen LogP contribution in [0.1, 0.15) is 27.3 Å². The summed E-state index contributed by atoms with van der Waals surface area (Å²) in [4.78, 5) is 4.44. The Balaban J connectivity index is 0.00000144. The fourth-order valence-corrected chi connectivity index (χ4v) is 1.65. The van der Waals surface area contributed by atoms with Crippen LogP contribution in [0.3, 0.4) is 0 Å². The summed E-state index contributed by atoms with van der Waals surface area (Å²) in [6.45, 7) is 5.29. The summed E-state index contributed by atoms with van der Waals surface area (Å²) in [6.07, 6.45) is 3.11. The Kier molecular flexibility index (Phi) is 3.52. The molecule has 16 heavy (non-hydrogen) atoms. The number of para-hydroxylation sites is 1. The number of aromatic nitrogens is 1. The molecule has 0 radical (unpaired) electrons. The molecule has 0 amide bonds. The van der Waals surface area contributed by atoms with Gasteiger partial charge in [0.1, 0.15) is 0 Å². The molecule has 2 nitrogen and oxygen atoms in total. The zero-order valence-electron chi connectivity index (χ0n) is 9.90. The topological polar surface area (TPSA) is 24.9 Å². The Bertz CT molecular complexity index is 470. The van der Waals surface area contributed by atoms with Crippen molar-refractivity contribution in [3.05, 3.63) is 42.1 Å². The van der Waals surface area contributed by atoms with E-state index in [0.717, 1.165) is 18.5 Å². The number of nitrogens with zero attached hydrogens (tertiary/aromatic N) is 1. The van der Waals surface area contributed by atoms with E-state index in [1.165, 1.54) is 10.9 Å². The SMILES string of the molecule is CCC(C)NCc1cnc2ccccc2c1.[HH]. The number of rotatable bonds is 4. The fraction of sp³-hybridized carbons (Fsp3) is 0.357. The maximum absolute atomic E-state index is 4.44. The normalized spacial score (nSPS) is 12.9. The Morgan fingerprint density at radius 1 is 1.38 bits per heavy atom. The van der Waals surface area contributed by atoms with Crippen LogP contribution in [0.25, 0.3) is 10.9 Å². The smallest absolute Gasteiger partial charge is 0.0702 e. The van der Waals surface area contributed by atoms with Gasteiger partial charge in [0.05, 0.1) is 5.52 Å². The quantitative estimate of drug-likeness (QED) is 0.847. The molecule has 2 rings (SSSR count). The molecule has 1 aromatic heterocycles. The van der Waals surface area contributed by atoms with Gasteiger partial charge in [-0.1, -0.05) is 25.1 Å². The van der Waals surface area contributed by atoms with E-state index in [2.05, 4.69) is 42.3 Å². The number of pyridine rings is 1. The first-order chi connectivity index (χ1) is 7.79. The van der Waals surface area contributed by atoms with Crippen molar-refractivity contribution in [2.24, 2.45) is 0 Å². The molecule has 1 aromatic carbocycles. The van der Waals surface area contributed by atoms with Gasteiger partial charge in [-0.2, -0.15) is 0 Å². The van der Waals surface area contributed by atoms with E-state index >= 15 is 0 Å². The molecule has 0 aliphatic heterocycles. The van der Waals surface area contributed by atoms with Crippen molar-refractivity contribution in [2.75, 3.05) is 0 Å². The number of benzene rings is 1. The molecule has 0 saturated heterocycles. The van der Waals surface area contributed by atoms with E-state index in [9.17, 15) is 0 Å². The van der Waals surface area contributed by atoms with Crippen LogP contribution in [0, 0.1) is 0 Å². The van der Waals surface area contributed by atoms with Crippen LogP contribution in [0.5, 0.6) is 0 Å². The predicted octanol–water partition coefficient (Wildman–Crippen LogP) is 3.37. The lowest BCUT2D eigenvalue weighted by Gasteiger charge is -2.11. The molecule has 0 aliphatic rings. The van der Waals surface area contributed by atoms with Gasteiger partial charge >= 0.3 is 0 Å². The average Bonchev–Trinajstić information content (AvgIpc) is 2.35. The molecule has 0 fully saturated rings. The zero-order valence-corrected chi connectivity index (χ0v) is 9.90. The molecular weight excluding hydrogens is 196 g/mol. The van der Waals surface area contributed by atoms with Crippen molar-refractivity contribution in [3.8, 4) is 0 Å². The second-order valence-electron chi connectivity index (χ2n) is 4.23. The highest BCUT2D eigenvalue weighted by molar-refractivity contribution is 5.78. The summed E-state index contributed by atoms with van der Waals surface area (Å²) >= 11 is 0. The van der Waals surface area contributed by atoms with Gasteiger partial charge in [-0.05, 0) is 31.0 Å². The Morgan fingerprint density at radius 2 is 2.19 bits per heavy atom. The molecule has 1 atom stereocenters. The van der Waals surface area contributed by atoms with E-state index in [-0.39, 0.29) is 1.43 Å². The van der Waals surface area contributed by atoms with Gasteiger partial charge < -0.3 is 5.32 Å². The van der Waals surface area contributed by atoms with E-state index in [1.54, 1.807) is 0 Å². The minimum atomic E-state index is 0. The summed E-state index contributed by atoms with van der Waals surface area (Å²) < 4.78 is 0. The first-order valence-electron chi connectivity index (χ1n) is 5.86. The minimum absolute atomic E-state index is 0. The molecule has 2 aromatic rings. The van der Waals surface area contributed by atoms with Crippen molar-refractivity contribution in [3.63, 3.8) is 0 Å². The van der Waals surface area contributed by atoms with Gasteiger partial charge in [0.25, 0.3) is 0 Å². The number of hydrogen-bond donors (Lipinski definition) is 1. The van der Waals surface area contributed by atoms with Crippen molar-refractivity contribution in [2.45, 2.75) is 32.9 Å². The summed E-state index contributed by atoms with van der Waals surface area (Å²) in [6, 6.07) is 11.0. The van der Waals surface area contributed by atoms with Crippen molar-refractivity contribution in [1.82, 2.24) is 10.3 Å². The third kappa shape index (κ3) is 2.58. The van der Waals surface area contributed by atoms with Crippen LogP contribution in [0.2, 0.25) is 0 Å². The van der Waals surface area contributed by atoms with Gasteiger partial charge in [0, 0.05) is 25.6 Å². The van der Waals surface area contributed by atoms with Crippen LogP contribution in [-0.2, 0) is 6.54 Å². The first kappa shape index (κ1) is 11.1. The minimum Gasteiger partial charge on any atom is -0.310 e. The fourth-order valence-electron chi connectivity index (χ4n) is 1.65. The van der Waals surface area contributed by atoms with E-state index in [1.807, 2.05) is 18.3 Å². The highest BCUT2D eigenvalue weighted by atomic mass is 14.9. The van der Waals surface area contributed by atoms with Gasteiger partial charge in [0.15, 0.2) is 0 Å². The Hall–Kier alpha value is -1.41. The van der Waals surface area contributed by atoms with Crippen LogP contribution in [0.15, 0.2) is 36.5 Å². The molecule has 1 heterocycles. The average molecular weight is 216 g/mol. The lowest BCUT2D eigenvalue weighted by molar-refractivity contribution is 0.534. The molecule has 0 bridgehead atoms. The third-order valence-electron chi connectivity index (χ3n) is 2.91. The molecule has 1 N–H and O–H groups in total. The summed E-state index contributed by atoms with van der Waals surface area (Å²) in [5.74, 6) is 0. The molecular formula is C14H20N2. The van der Waals surface area contributed by atoms with Crippen LogP contribution in [0.4, 0.5) is 0 Å². The maximum atomic E-state index is 4.44. The lowest BCUT2D eigenvalue weighted by atomic mass is 10.1. The zero-order chi connectivity index (χ0) is 11.4. The van der Waals surface area contributed by atoms with Gasteiger partial charge in [-0.15, -0.1) is 0 Å². The Labute approximate surface area is 98.2 Å². The van der Waals surface area contributed by atoms with E-state index in [4.69, 9.17) is 0 Å². The van der Waals surface area contributed by atoms with Crippen LogP contribution in [-0.4, -0.2) is 11.0 Å². The standard InChI is InChI=1S/C14H18N2.H2/c1-3-11(2)15-9-12-8-13-6-4-5-7-14(13)16-10-12;/h4-8,10-11,15H,3,9H2,1-2H3;1H. The summed E-state index contributed by atoms with van der Waals surface area (Å²) in [7, 11) is 0. The van der Waals surface area contributed by atoms with Crippen molar-refractivity contribution >= 4 is 10.9 Å². The van der Waals surface area contributed by atoms with Crippen LogP contribution < -0.4 is 5.32 Å². The molecule has 2 heteroatoms. The summed E-state index contributed by atoms with van der Waals surface area (Å²) in [5, 5.41) is 4.69. The molecule has 0 spiro atoms. The highest BCUT2D eigenvalue weighted by Gasteiger charge is 2.00. The second-order valence-corrected chi connectivity index (χ2v) is 4.23. The largest absolute Gasteiger partial charge is 0.310 e. The number of hydrogen-bond acceptors (Lipinski definition) is 2. The first-order valence-corrected chi connectivity index (χ1v) is 5.86. The second kappa shape index (κ2) is 5.08. The molecule has 86 valence electrons.